The summed E-state index contributed by atoms with van der Waals surface area (Å²) < 4.78 is 0. The molecule has 0 fully saturated rings. The van der Waals surface area contributed by atoms with Gasteiger partial charge in [0.1, 0.15) is 0 Å². The second-order valence-corrected chi connectivity index (χ2v) is 3.25. The lowest BCUT2D eigenvalue weighted by Crippen LogP contribution is -2.11. The van der Waals surface area contributed by atoms with Gasteiger partial charge >= 0.3 is 0 Å². The molecule has 2 heteroatoms. The summed E-state index contributed by atoms with van der Waals surface area (Å²) in [5.41, 5.74) is 2.60. The lowest BCUT2D eigenvalue weighted by molar-refractivity contribution is 1.00. The average Bonchev–Trinajstić information content (AvgIpc) is 2.27. The van der Waals surface area contributed by atoms with Gasteiger partial charge < -0.3 is 10.7 Å². The molecule has 66 valence electrons. The van der Waals surface area contributed by atoms with Crippen molar-refractivity contribution in [1.82, 2.24) is 0 Å². The van der Waals surface area contributed by atoms with Gasteiger partial charge in [-0.3, -0.25) is 0 Å². The molecule has 0 bridgehead atoms. The number of anilines is 1. The van der Waals surface area contributed by atoms with Gasteiger partial charge in [-0.05, 0) is 19.1 Å². The highest BCUT2D eigenvalue weighted by atomic mass is 14.9. The number of hydrogen-bond acceptors (Lipinski definition) is 2. The second kappa shape index (κ2) is 3.05. The predicted octanol–water partition coefficient (Wildman–Crippen LogP) is 2.42. The van der Waals surface area contributed by atoms with Crippen LogP contribution in [0.15, 0.2) is 36.4 Å². The van der Waals surface area contributed by atoms with E-state index < -0.39 is 0 Å². The highest BCUT2D eigenvalue weighted by Crippen LogP contribution is 2.19. The Morgan fingerprint density at radius 3 is 2.92 bits per heavy atom. The van der Waals surface area contributed by atoms with Gasteiger partial charge in [0.25, 0.3) is 0 Å². The van der Waals surface area contributed by atoms with Gasteiger partial charge in [0.2, 0.25) is 0 Å². The van der Waals surface area contributed by atoms with Crippen molar-refractivity contribution in [3.8, 4) is 0 Å². The van der Waals surface area contributed by atoms with E-state index in [-0.39, 0.29) is 0 Å². The molecule has 1 aliphatic heterocycles. The second-order valence-electron chi connectivity index (χ2n) is 3.25. The third-order valence-electron chi connectivity index (χ3n) is 2.15. The van der Waals surface area contributed by atoms with E-state index in [4.69, 9.17) is 5.41 Å². The van der Waals surface area contributed by atoms with Gasteiger partial charge in [0.15, 0.2) is 0 Å². The summed E-state index contributed by atoms with van der Waals surface area (Å²) in [6, 6.07) is 8.21. The minimum atomic E-state index is 0.295. The van der Waals surface area contributed by atoms with Gasteiger partial charge in [0, 0.05) is 17.3 Å². The average molecular weight is 172 g/mol. The molecule has 0 aliphatic carbocycles. The van der Waals surface area contributed by atoms with E-state index >= 15 is 0 Å². The molecule has 1 aliphatic rings. The summed E-state index contributed by atoms with van der Waals surface area (Å²) in [7, 11) is 0. The number of benzene rings is 1. The molecule has 1 unspecified atom stereocenters. The van der Waals surface area contributed by atoms with Gasteiger partial charge in [-0.15, -0.1) is 0 Å². The molecule has 13 heavy (non-hydrogen) atoms. The van der Waals surface area contributed by atoms with Crippen LogP contribution in [0, 0.1) is 5.41 Å². The molecule has 0 saturated heterocycles. The van der Waals surface area contributed by atoms with Crippen LogP contribution in [-0.4, -0.2) is 11.8 Å². The fourth-order valence-corrected chi connectivity index (χ4v) is 1.47. The molecule has 1 heterocycles. The molecule has 1 aromatic rings. The van der Waals surface area contributed by atoms with Crippen LogP contribution in [0.1, 0.15) is 12.5 Å². The molecule has 0 saturated carbocycles. The Balaban J connectivity index is 2.51. The van der Waals surface area contributed by atoms with Crippen molar-refractivity contribution in [1.29, 1.82) is 5.41 Å². The number of para-hydroxylation sites is 1. The van der Waals surface area contributed by atoms with E-state index in [1.54, 1.807) is 0 Å². The minimum Gasteiger partial charge on any atom is -0.379 e. The van der Waals surface area contributed by atoms with Crippen LogP contribution in [0.3, 0.4) is 0 Å². The maximum absolute atomic E-state index is 7.77. The van der Waals surface area contributed by atoms with Crippen LogP contribution in [-0.2, 0) is 0 Å². The normalized spacial score (nSPS) is 20.4. The first-order valence-electron chi connectivity index (χ1n) is 4.40. The number of allylic oxidation sites excluding steroid dienone is 1. The van der Waals surface area contributed by atoms with E-state index in [1.165, 1.54) is 0 Å². The SMILES string of the molecule is CC1C=CC(=N)c2ccccc2N1. The Morgan fingerprint density at radius 2 is 2.08 bits per heavy atom. The number of nitrogens with one attached hydrogen (secondary N) is 2. The monoisotopic (exact) mass is 172 g/mol. The summed E-state index contributed by atoms with van der Waals surface area (Å²) in [6.45, 7) is 2.08. The van der Waals surface area contributed by atoms with Crippen LogP contribution < -0.4 is 5.32 Å². The van der Waals surface area contributed by atoms with Crippen molar-refractivity contribution in [3.63, 3.8) is 0 Å². The van der Waals surface area contributed by atoms with Crippen molar-refractivity contribution in [2.45, 2.75) is 13.0 Å². The molecule has 0 aromatic heterocycles. The quantitative estimate of drug-likeness (QED) is 0.619. The molecule has 0 radical (unpaired) electrons. The molecule has 0 spiro atoms. The standard InChI is InChI=1S/C11H12N2/c1-8-6-7-10(12)9-4-2-3-5-11(9)13-8/h2-8,12-13H,1H3. The zero-order valence-corrected chi connectivity index (χ0v) is 7.54. The largest absolute Gasteiger partial charge is 0.379 e. The van der Waals surface area contributed by atoms with Gasteiger partial charge in [-0.1, -0.05) is 24.3 Å². The van der Waals surface area contributed by atoms with E-state index in [9.17, 15) is 0 Å². The third kappa shape index (κ3) is 1.47. The Hall–Kier alpha value is -1.57. The fourth-order valence-electron chi connectivity index (χ4n) is 1.47. The van der Waals surface area contributed by atoms with Crippen LogP contribution in [0.25, 0.3) is 0 Å². The van der Waals surface area contributed by atoms with Crippen LogP contribution in [0.2, 0.25) is 0 Å². The molecule has 2 rings (SSSR count). The van der Waals surface area contributed by atoms with Crippen molar-refractivity contribution in [2.75, 3.05) is 5.32 Å². The van der Waals surface area contributed by atoms with Gasteiger partial charge in [-0.2, -0.15) is 0 Å². The molecule has 2 nitrogen and oxygen atoms in total. The molecule has 1 atom stereocenters. The van der Waals surface area contributed by atoms with Gasteiger partial charge in [-0.25, -0.2) is 0 Å². The van der Waals surface area contributed by atoms with Crippen LogP contribution in [0.4, 0.5) is 5.69 Å². The molecule has 2 N–H and O–H groups in total. The first-order valence-corrected chi connectivity index (χ1v) is 4.40. The molecular weight excluding hydrogens is 160 g/mol. The fraction of sp³-hybridized carbons (Fsp3) is 0.182. The smallest absolute Gasteiger partial charge is 0.0630 e. The van der Waals surface area contributed by atoms with Gasteiger partial charge in [0.05, 0.1) is 5.71 Å². The van der Waals surface area contributed by atoms with Crippen molar-refractivity contribution in [2.24, 2.45) is 0 Å². The molecule has 1 aromatic carbocycles. The van der Waals surface area contributed by atoms with E-state index in [0.29, 0.717) is 11.8 Å². The number of hydrogen-bond donors (Lipinski definition) is 2. The van der Waals surface area contributed by atoms with Crippen molar-refractivity contribution in [3.05, 3.63) is 42.0 Å². The summed E-state index contributed by atoms with van der Waals surface area (Å²) in [6.07, 6.45) is 3.85. The number of rotatable bonds is 0. The minimum absolute atomic E-state index is 0.295. The zero-order chi connectivity index (χ0) is 9.26. The summed E-state index contributed by atoms with van der Waals surface area (Å²) in [5.74, 6) is 0. The maximum atomic E-state index is 7.77. The lowest BCUT2D eigenvalue weighted by atomic mass is 10.1. The summed E-state index contributed by atoms with van der Waals surface area (Å²) >= 11 is 0. The predicted molar refractivity (Wildman–Crippen MR) is 55.5 cm³/mol. The third-order valence-corrected chi connectivity index (χ3v) is 2.15. The van der Waals surface area contributed by atoms with E-state index in [0.717, 1.165) is 11.3 Å². The Labute approximate surface area is 77.8 Å². The maximum Gasteiger partial charge on any atom is 0.0630 e. The number of fused-ring (bicyclic) bond motifs is 1. The first kappa shape index (κ1) is 8.05. The molecular formula is C11H12N2. The van der Waals surface area contributed by atoms with E-state index in [2.05, 4.69) is 12.2 Å². The zero-order valence-electron chi connectivity index (χ0n) is 7.54. The van der Waals surface area contributed by atoms with Crippen molar-refractivity contribution >= 4 is 11.4 Å². The Kier molecular flexibility index (Phi) is 1.89. The first-order chi connectivity index (χ1) is 6.27. The summed E-state index contributed by atoms with van der Waals surface area (Å²) in [4.78, 5) is 0. The Bertz CT molecular complexity index is 366. The van der Waals surface area contributed by atoms with E-state index in [1.807, 2.05) is 36.4 Å². The molecule has 0 amide bonds. The topological polar surface area (TPSA) is 35.9 Å². The lowest BCUT2D eigenvalue weighted by Gasteiger charge is -2.11. The van der Waals surface area contributed by atoms with Crippen LogP contribution in [0.5, 0.6) is 0 Å². The highest BCUT2D eigenvalue weighted by molar-refractivity contribution is 6.10. The van der Waals surface area contributed by atoms with Crippen molar-refractivity contribution < 1.29 is 0 Å². The summed E-state index contributed by atoms with van der Waals surface area (Å²) in [5, 5.41) is 11.1. The highest BCUT2D eigenvalue weighted by Gasteiger charge is 2.09. The Morgan fingerprint density at radius 1 is 1.31 bits per heavy atom. The van der Waals surface area contributed by atoms with Crippen LogP contribution >= 0.6 is 0 Å².